The second-order valence-electron chi connectivity index (χ2n) is 7.17. The minimum absolute atomic E-state index is 0.0258. The molecule has 1 N–H and O–H groups in total. The molecule has 1 aliphatic heterocycles. The van der Waals surface area contributed by atoms with Crippen LogP contribution in [0.5, 0.6) is 5.75 Å². The van der Waals surface area contributed by atoms with E-state index in [0.29, 0.717) is 29.8 Å². The second kappa shape index (κ2) is 8.85. The molecule has 0 aromatic heterocycles. The highest BCUT2D eigenvalue weighted by Crippen LogP contribution is 2.20. The lowest BCUT2D eigenvalue weighted by Gasteiger charge is -2.35. The average molecular weight is 347 g/mol. The fourth-order valence-corrected chi connectivity index (χ4v) is 3.44. The van der Waals surface area contributed by atoms with Crippen molar-refractivity contribution in [2.45, 2.75) is 20.3 Å². The summed E-state index contributed by atoms with van der Waals surface area (Å²) in [6, 6.07) is 7.16. The quantitative estimate of drug-likeness (QED) is 0.856. The fourth-order valence-electron chi connectivity index (χ4n) is 3.44. The summed E-state index contributed by atoms with van der Waals surface area (Å²) in [6.45, 7) is 6.74. The van der Waals surface area contributed by atoms with E-state index < -0.39 is 0 Å². The molecular weight excluding hydrogens is 318 g/mol. The van der Waals surface area contributed by atoms with E-state index >= 15 is 0 Å². The zero-order chi connectivity index (χ0) is 18.4. The number of likely N-dealkylation sites (N-methyl/N-ethyl adjacent to an activating group) is 1. The van der Waals surface area contributed by atoms with Crippen molar-refractivity contribution in [2.75, 3.05) is 45.7 Å². The third-order valence-electron chi connectivity index (χ3n) is 4.46. The number of likely N-dealkylation sites (tertiary alicyclic amines) is 1. The molecule has 1 aromatic carbocycles. The zero-order valence-electron chi connectivity index (χ0n) is 15.6. The fraction of sp³-hybridized carbons (Fsp3) is 0.579. The van der Waals surface area contributed by atoms with Crippen LogP contribution in [0.25, 0.3) is 0 Å². The van der Waals surface area contributed by atoms with E-state index in [1.54, 1.807) is 26.3 Å². The van der Waals surface area contributed by atoms with Gasteiger partial charge in [-0.05, 0) is 30.4 Å². The van der Waals surface area contributed by atoms with Gasteiger partial charge in [0.1, 0.15) is 5.75 Å². The number of hydrogen-bond acceptors (Lipinski definition) is 4. The maximum Gasteiger partial charge on any atom is 0.243 e. The molecule has 1 saturated heterocycles. The molecule has 1 heterocycles. The monoisotopic (exact) mass is 347 g/mol. The summed E-state index contributed by atoms with van der Waals surface area (Å²) < 4.78 is 5.14. The number of methoxy groups -OCH3 is 1. The van der Waals surface area contributed by atoms with Crippen LogP contribution in [0, 0.1) is 11.8 Å². The molecule has 0 bridgehead atoms. The van der Waals surface area contributed by atoms with Gasteiger partial charge in [0.25, 0.3) is 0 Å². The first-order valence-electron chi connectivity index (χ1n) is 8.77. The minimum Gasteiger partial charge on any atom is -0.497 e. The minimum atomic E-state index is -0.218. The van der Waals surface area contributed by atoms with Crippen molar-refractivity contribution in [1.82, 2.24) is 9.80 Å². The third kappa shape index (κ3) is 6.05. The van der Waals surface area contributed by atoms with Gasteiger partial charge in [-0.1, -0.05) is 19.9 Å². The summed E-state index contributed by atoms with van der Waals surface area (Å²) in [5.41, 5.74) is 0.656. The first-order chi connectivity index (χ1) is 11.9. The first-order valence-corrected chi connectivity index (χ1v) is 8.77. The van der Waals surface area contributed by atoms with Gasteiger partial charge in [-0.3, -0.25) is 14.5 Å². The van der Waals surface area contributed by atoms with Crippen LogP contribution in [-0.4, -0.2) is 62.0 Å². The molecule has 0 saturated carbocycles. The Morgan fingerprint density at radius 1 is 1.28 bits per heavy atom. The van der Waals surface area contributed by atoms with Crippen molar-refractivity contribution < 1.29 is 14.3 Å². The summed E-state index contributed by atoms with van der Waals surface area (Å²) in [5.74, 6) is 1.65. The van der Waals surface area contributed by atoms with Crippen molar-refractivity contribution in [3.8, 4) is 5.75 Å². The van der Waals surface area contributed by atoms with Crippen LogP contribution < -0.4 is 10.1 Å². The molecule has 138 valence electrons. The first kappa shape index (κ1) is 19.2. The largest absolute Gasteiger partial charge is 0.497 e. The molecule has 0 radical (unpaired) electrons. The normalized spacial score (nSPS) is 20.8. The molecular formula is C19H29N3O3. The zero-order valence-corrected chi connectivity index (χ0v) is 15.6. The van der Waals surface area contributed by atoms with Crippen LogP contribution in [0.3, 0.4) is 0 Å². The van der Waals surface area contributed by atoms with Gasteiger partial charge in [-0.15, -0.1) is 0 Å². The van der Waals surface area contributed by atoms with Gasteiger partial charge in [0.2, 0.25) is 11.8 Å². The molecule has 2 atom stereocenters. The molecule has 0 aliphatic carbocycles. The van der Waals surface area contributed by atoms with Crippen LogP contribution >= 0.6 is 0 Å². The lowest BCUT2D eigenvalue weighted by atomic mass is 9.92. The van der Waals surface area contributed by atoms with Crippen molar-refractivity contribution in [2.24, 2.45) is 11.8 Å². The van der Waals surface area contributed by atoms with Crippen molar-refractivity contribution in [1.29, 1.82) is 0 Å². The maximum absolute atomic E-state index is 12.4. The van der Waals surface area contributed by atoms with Crippen LogP contribution in [-0.2, 0) is 9.59 Å². The smallest absolute Gasteiger partial charge is 0.243 e. The highest BCUT2D eigenvalue weighted by atomic mass is 16.5. The Labute approximate surface area is 150 Å². The third-order valence-corrected chi connectivity index (χ3v) is 4.46. The maximum atomic E-state index is 12.4. The molecule has 25 heavy (non-hydrogen) atoms. The number of nitrogens with zero attached hydrogens (tertiary/aromatic N) is 2. The molecule has 2 rings (SSSR count). The number of nitrogens with one attached hydrogen (secondary N) is 1. The molecule has 1 fully saturated rings. The van der Waals surface area contributed by atoms with E-state index in [-0.39, 0.29) is 18.4 Å². The van der Waals surface area contributed by atoms with Gasteiger partial charge in [-0.25, -0.2) is 0 Å². The standard InChI is InChI=1S/C19H29N3O3/c1-14-8-15(2)11-22(10-14)13-19(24)21(3)12-18(23)20-16-6-5-7-17(9-16)25-4/h5-7,9,14-15H,8,10-13H2,1-4H3,(H,20,23)/t14-,15-/m0/s1. The summed E-state index contributed by atoms with van der Waals surface area (Å²) >= 11 is 0. The van der Waals surface area contributed by atoms with Gasteiger partial charge in [0.15, 0.2) is 0 Å². The highest BCUT2D eigenvalue weighted by Gasteiger charge is 2.24. The molecule has 1 aliphatic rings. The summed E-state index contributed by atoms with van der Waals surface area (Å²) in [4.78, 5) is 28.2. The molecule has 0 spiro atoms. The number of carbonyl (C=O) groups is 2. The number of carbonyl (C=O) groups excluding carboxylic acids is 2. The van der Waals surface area contributed by atoms with Crippen LogP contribution in [0.4, 0.5) is 5.69 Å². The number of hydrogen-bond donors (Lipinski definition) is 1. The SMILES string of the molecule is COc1cccc(NC(=O)CN(C)C(=O)CN2C[C@@H](C)C[C@H](C)C2)c1. The number of rotatable bonds is 6. The molecule has 1 aromatic rings. The number of piperidine rings is 1. The van der Waals surface area contributed by atoms with E-state index in [9.17, 15) is 9.59 Å². The predicted octanol–water partition coefficient (Wildman–Crippen LogP) is 2.07. The van der Waals surface area contributed by atoms with E-state index in [1.165, 1.54) is 11.3 Å². The number of benzene rings is 1. The number of amides is 2. The van der Waals surface area contributed by atoms with Crippen LogP contribution in [0.15, 0.2) is 24.3 Å². The Bertz CT molecular complexity index is 595. The van der Waals surface area contributed by atoms with E-state index in [4.69, 9.17) is 4.74 Å². The number of ether oxygens (including phenoxy) is 1. The van der Waals surface area contributed by atoms with Gasteiger partial charge in [-0.2, -0.15) is 0 Å². The van der Waals surface area contributed by atoms with Crippen molar-refractivity contribution in [3.63, 3.8) is 0 Å². The van der Waals surface area contributed by atoms with E-state index in [1.807, 2.05) is 12.1 Å². The Morgan fingerprint density at radius 2 is 1.96 bits per heavy atom. The Hall–Kier alpha value is -2.08. The van der Waals surface area contributed by atoms with Gasteiger partial charge in [0, 0.05) is 31.9 Å². The molecule has 6 nitrogen and oxygen atoms in total. The molecule has 2 amide bonds. The molecule has 6 heteroatoms. The van der Waals surface area contributed by atoms with Crippen LogP contribution in [0.1, 0.15) is 20.3 Å². The van der Waals surface area contributed by atoms with Crippen molar-refractivity contribution >= 4 is 17.5 Å². The van der Waals surface area contributed by atoms with Gasteiger partial charge in [0.05, 0.1) is 20.2 Å². The summed E-state index contributed by atoms with van der Waals surface area (Å²) in [6.07, 6.45) is 1.21. The Balaban J connectivity index is 1.82. The highest BCUT2D eigenvalue weighted by molar-refractivity contribution is 5.94. The van der Waals surface area contributed by atoms with Crippen LogP contribution in [0.2, 0.25) is 0 Å². The lowest BCUT2D eigenvalue weighted by molar-refractivity contribution is -0.134. The lowest BCUT2D eigenvalue weighted by Crippen LogP contribution is -2.46. The van der Waals surface area contributed by atoms with E-state index in [2.05, 4.69) is 24.1 Å². The topological polar surface area (TPSA) is 61.9 Å². The Morgan fingerprint density at radius 3 is 2.60 bits per heavy atom. The summed E-state index contributed by atoms with van der Waals surface area (Å²) in [5, 5.41) is 2.79. The Kier molecular flexibility index (Phi) is 6.82. The molecule has 0 unspecified atom stereocenters. The van der Waals surface area contributed by atoms with E-state index in [0.717, 1.165) is 13.1 Å². The number of anilines is 1. The second-order valence-corrected chi connectivity index (χ2v) is 7.17. The average Bonchev–Trinajstić information content (AvgIpc) is 2.53. The summed E-state index contributed by atoms with van der Waals surface area (Å²) in [7, 11) is 3.25. The van der Waals surface area contributed by atoms with Crippen molar-refractivity contribution in [3.05, 3.63) is 24.3 Å². The van der Waals surface area contributed by atoms with Gasteiger partial charge >= 0.3 is 0 Å². The van der Waals surface area contributed by atoms with Gasteiger partial charge < -0.3 is 15.0 Å². The predicted molar refractivity (Wildman–Crippen MR) is 98.6 cm³/mol.